The lowest BCUT2D eigenvalue weighted by atomic mass is 9.80. The monoisotopic (exact) mass is 281 g/mol. The van der Waals surface area contributed by atoms with Gasteiger partial charge in [0.25, 0.3) is 5.91 Å². The Labute approximate surface area is 119 Å². The molecule has 19 heavy (non-hydrogen) atoms. The number of benzene rings is 1. The maximum Gasteiger partial charge on any atom is 0.255 e. The molecular weight excluding hydrogens is 262 g/mol. The second kappa shape index (κ2) is 6.29. The Bertz CT molecular complexity index is 461. The van der Waals surface area contributed by atoms with E-state index in [0.29, 0.717) is 23.4 Å². The molecule has 0 heterocycles. The third-order valence-corrected chi connectivity index (χ3v) is 4.25. The smallest absolute Gasteiger partial charge is 0.255 e. The van der Waals surface area contributed by atoms with Crippen molar-refractivity contribution in [2.24, 2.45) is 11.8 Å². The van der Waals surface area contributed by atoms with Crippen molar-refractivity contribution in [1.29, 1.82) is 0 Å². The number of phenolic OH excluding ortho intramolecular Hbond substituents is 1. The van der Waals surface area contributed by atoms with Crippen molar-refractivity contribution >= 4 is 17.5 Å². The van der Waals surface area contributed by atoms with Crippen LogP contribution in [-0.4, -0.2) is 17.6 Å². The van der Waals surface area contributed by atoms with Crippen molar-refractivity contribution in [3.8, 4) is 5.75 Å². The number of halogens is 1. The second-order valence-corrected chi connectivity index (χ2v) is 5.83. The lowest BCUT2D eigenvalue weighted by Crippen LogP contribution is -2.33. The van der Waals surface area contributed by atoms with Gasteiger partial charge in [-0.3, -0.25) is 4.79 Å². The van der Waals surface area contributed by atoms with Crippen LogP contribution in [0.5, 0.6) is 5.75 Å². The molecule has 104 valence electrons. The summed E-state index contributed by atoms with van der Waals surface area (Å²) in [5.41, 5.74) is 0.285. The summed E-state index contributed by atoms with van der Waals surface area (Å²) in [5, 5.41) is 13.0. The number of carbonyl (C=O) groups is 1. The average Bonchev–Trinajstić information content (AvgIpc) is 2.37. The molecule has 1 aromatic carbocycles. The van der Waals surface area contributed by atoms with Gasteiger partial charge in [0.05, 0.1) is 5.56 Å². The van der Waals surface area contributed by atoms with Crippen LogP contribution in [0.1, 0.15) is 43.0 Å². The number of carbonyl (C=O) groups excluding carboxylic acids is 1. The highest BCUT2D eigenvalue weighted by molar-refractivity contribution is 6.30. The Balaban J connectivity index is 1.93. The van der Waals surface area contributed by atoms with Gasteiger partial charge in [-0.25, -0.2) is 0 Å². The molecule has 1 aromatic rings. The summed E-state index contributed by atoms with van der Waals surface area (Å²) in [5.74, 6) is 0.911. The van der Waals surface area contributed by atoms with E-state index in [1.165, 1.54) is 31.7 Å². The zero-order valence-corrected chi connectivity index (χ0v) is 11.9. The summed E-state index contributed by atoms with van der Waals surface area (Å²) in [7, 11) is 0. The standard InChI is InChI=1S/C15H20ClNO2/c1-10-4-2-3-5-11(10)9-17-15(19)13-7-6-12(16)8-14(13)18/h6-8,10-11,18H,2-5,9H2,1H3,(H,17,19). The van der Waals surface area contributed by atoms with E-state index >= 15 is 0 Å². The van der Waals surface area contributed by atoms with Crippen molar-refractivity contribution < 1.29 is 9.90 Å². The molecular formula is C15H20ClNO2. The quantitative estimate of drug-likeness (QED) is 0.889. The van der Waals surface area contributed by atoms with Gasteiger partial charge in [-0.05, 0) is 36.5 Å². The minimum Gasteiger partial charge on any atom is -0.507 e. The highest BCUT2D eigenvalue weighted by Crippen LogP contribution is 2.29. The van der Waals surface area contributed by atoms with Gasteiger partial charge >= 0.3 is 0 Å². The van der Waals surface area contributed by atoms with Gasteiger partial charge in [-0.2, -0.15) is 0 Å². The Hall–Kier alpha value is -1.22. The molecule has 2 atom stereocenters. The molecule has 0 bridgehead atoms. The van der Waals surface area contributed by atoms with Gasteiger partial charge in [0.15, 0.2) is 0 Å². The summed E-state index contributed by atoms with van der Waals surface area (Å²) in [6.07, 6.45) is 4.96. The predicted molar refractivity (Wildman–Crippen MR) is 76.6 cm³/mol. The first kappa shape index (κ1) is 14.2. The van der Waals surface area contributed by atoms with E-state index < -0.39 is 0 Å². The molecule has 0 spiro atoms. The topological polar surface area (TPSA) is 49.3 Å². The van der Waals surface area contributed by atoms with Crippen LogP contribution in [0.4, 0.5) is 0 Å². The summed E-state index contributed by atoms with van der Waals surface area (Å²) < 4.78 is 0. The molecule has 2 rings (SSSR count). The van der Waals surface area contributed by atoms with Gasteiger partial charge < -0.3 is 10.4 Å². The largest absolute Gasteiger partial charge is 0.507 e. The SMILES string of the molecule is CC1CCCCC1CNC(=O)c1ccc(Cl)cc1O. The highest BCUT2D eigenvalue weighted by atomic mass is 35.5. The molecule has 1 amide bonds. The number of nitrogens with one attached hydrogen (secondary N) is 1. The molecule has 4 heteroatoms. The Morgan fingerprint density at radius 2 is 2.16 bits per heavy atom. The molecule has 1 aliphatic carbocycles. The molecule has 0 radical (unpaired) electrons. The number of rotatable bonds is 3. The summed E-state index contributed by atoms with van der Waals surface area (Å²) in [6.45, 7) is 2.93. The molecule has 2 N–H and O–H groups in total. The predicted octanol–water partition coefficient (Wildman–Crippen LogP) is 3.60. The molecule has 0 aliphatic heterocycles. The minimum atomic E-state index is -0.230. The number of hydrogen-bond acceptors (Lipinski definition) is 2. The fourth-order valence-electron chi connectivity index (χ4n) is 2.71. The van der Waals surface area contributed by atoms with Crippen molar-refractivity contribution in [3.63, 3.8) is 0 Å². The highest BCUT2D eigenvalue weighted by Gasteiger charge is 2.22. The third kappa shape index (κ3) is 3.63. The van der Waals surface area contributed by atoms with Crippen LogP contribution >= 0.6 is 11.6 Å². The normalized spacial score (nSPS) is 23.1. The molecule has 0 saturated heterocycles. The van der Waals surface area contributed by atoms with Gasteiger partial charge in [-0.15, -0.1) is 0 Å². The van der Waals surface area contributed by atoms with Crippen LogP contribution in [-0.2, 0) is 0 Å². The summed E-state index contributed by atoms with van der Waals surface area (Å²) in [4.78, 5) is 12.0. The first-order chi connectivity index (χ1) is 9.08. The molecule has 1 aliphatic rings. The van der Waals surface area contributed by atoms with Crippen molar-refractivity contribution in [3.05, 3.63) is 28.8 Å². The van der Waals surface area contributed by atoms with E-state index in [1.807, 2.05) is 0 Å². The zero-order valence-electron chi connectivity index (χ0n) is 11.2. The second-order valence-electron chi connectivity index (χ2n) is 5.39. The van der Waals surface area contributed by atoms with Crippen LogP contribution in [0.15, 0.2) is 18.2 Å². The number of phenols is 1. The van der Waals surface area contributed by atoms with Crippen molar-refractivity contribution in [2.45, 2.75) is 32.6 Å². The van der Waals surface area contributed by atoms with Crippen molar-refractivity contribution in [2.75, 3.05) is 6.54 Å². The lowest BCUT2D eigenvalue weighted by molar-refractivity contribution is 0.0934. The number of amides is 1. The maximum absolute atomic E-state index is 12.0. The van der Waals surface area contributed by atoms with Crippen molar-refractivity contribution in [1.82, 2.24) is 5.32 Å². The number of aromatic hydroxyl groups is 1. The van der Waals surface area contributed by atoms with E-state index in [9.17, 15) is 9.90 Å². The van der Waals surface area contributed by atoms with Crippen LogP contribution in [0.3, 0.4) is 0 Å². The van der Waals surface area contributed by atoms with Crippen LogP contribution in [0, 0.1) is 11.8 Å². The maximum atomic E-state index is 12.0. The number of hydrogen-bond donors (Lipinski definition) is 2. The first-order valence-electron chi connectivity index (χ1n) is 6.84. The average molecular weight is 282 g/mol. The summed E-state index contributed by atoms with van der Waals surface area (Å²) in [6, 6.07) is 4.55. The molecule has 3 nitrogen and oxygen atoms in total. The molecule has 2 unspecified atom stereocenters. The fourth-order valence-corrected chi connectivity index (χ4v) is 2.88. The van der Waals surface area contributed by atoms with E-state index in [-0.39, 0.29) is 17.2 Å². The van der Waals surface area contributed by atoms with E-state index in [4.69, 9.17) is 11.6 Å². The third-order valence-electron chi connectivity index (χ3n) is 4.02. The Morgan fingerprint density at radius 1 is 1.42 bits per heavy atom. The minimum absolute atomic E-state index is 0.0679. The molecule has 1 fully saturated rings. The first-order valence-corrected chi connectivity index (χ1v) is 7.22. The van der Waals surface area contributed by atoms with Crippen LogP contribution < -0.4 is 5.32 Å². The van der Waals surface area contributed by atoms with Gasteiger partial charge in [0.2, 0.25) is 0 Å². The Kier molecular flexibility index (Phi) is 4.70. The van der Waals surface area contributed by atoms with Gasteiger partial charge in [-0.1, -0.05) is 37.8 Å². The zero-order chi connectivity index (χ0) is 13.8. The van der Waals surface area contributed by atoms with Crippen LogP contribution in [0.25, 0.3) is 0 Å². The molecule has 0 aromatic heterocycles. The van der Waals surface area contributed by atoms with Gasteiger partial charge in [0.1, 0.15) is 5.75 Å². The van der Waals surface area contributed by atoms with E-state index in [2.05, 4.69) is 12.2 Å². The van der Waals surface area contributed by atoms with E-state index in [0.717, 1.165) is 0 Å². The van der Waals surface area contributed by atoms with Crippen LogP contribution in [0.2, 0.25) is 5.02 Å². The fraction of sp³-hybridized carbons (Fsp3) is 0.533. The van der Waals surface area contributed by atoms with Gasteiger partial charge in [0, 0.05) is 11.6 Å². The molecule has 1 saturated carbocycles. The summed E-state index contributed by atoms with van der Waals surface area (Å²) >= 11 is 5.75. The van der Waals surface area contributed by atoms with E-state index in [1.54, 1.807) is 12.1 Å². The Morgan fingerprint density at radius 3 is 2.84 bits per heavy atom. The lowest BCUT2D eigenvalue weighted by Gasteiger charge is -2.28.